The number of nitrogens with zero attached hydrogens (tertiary/aromatic N) is 5. The molecule has 2 aromatic rings. The van der Waals surface area contributed by atoms with E-state index in [2.05, 4.69) is 11.1 Å². The van der Waals surface area contributed by atoms with Crippen LogP contribution >= 0.6 is 0 Å². The van der Waals surface area contributed by atoms with Crippen molar-refractivity contribution in [3.63, 3.8) is 0 Å². The van der Waals surface area contributed by atoms with Gasteiger partial charge in [0.05, 0.1) is 0 Å². The summed E-state index contributed by atoms with van der Waals surface area (Å²) in [5.74, 6) is 0. The summed E-state index contributed by atoms with van der Waals surface area (Å²) in [5.41, 5.74) is 2.06. The molecule has 0 unspecified atom stereocenters. The summed E-state index contributed by atoms with van der Waals surface area (Å²) in [6.07, 6.45) is 11.6. The van der Waals surface area contributed by atoms with Crippen LogP contribution in [-0.2, 0) is 21.1 Å². The van der Waals surface area contributed by atoms with Crippen molar-refractivity contribution in [3.8, 4) is 0 Å². The van der Waals surface area contributed by atoms with Crippen LogP contribution in [0, 0.1) is 19.4 Å². The Bertz CT molecular complexity index is 636. The molecule has 0 saturated heterocycles. The molecule has 25 heavy (non-hydrogen) atoms. The van der Waals surface area contributed by atoms with Crippen LogP contribution in [-0.4, -0.2) is 28.9 Å². The Morgan fingerprint density at radius 3 is 1.60 bits per heavy atom. The maximum absolute atomic E-state index is 3.78. The van der Waals surface area contributed by atoms with Gasteiger partial charge in [0.2, 0.25) is 0 Å². The first-order valence-electron chi connectivity index (χ1n) is 7.67. The molecular weight excluding hydrogens is 493 g/mol. The predicted octanol–water partition coefficient (Wildman–Crippen LogP) is 3.25. The zero-order valence-corrected chi connectivity index (χ0v) is 16.4. The fourth-order valence-corrected chi connectivity index (χ4v) is 2.24. The topological polar surface area (TPSA) is 25.9 Å². The number of pyridine rings is 1. The standard InChI is InChI=1S/C14H15N4.C5H5N.Pt/c1-15-6-8-17(11-15)13-4-3-5-14(10-13)18-9-7-16(2)12-18;1-2-4-6-5-3-1;/h3-9,11-12H,1-2H3;1-5H;/q-3;;. The summed E-state index contributed by atoms with van der Waals surface area (Å²) in [4.78, 5) is 11.9. The molecule has 3 heterocycles. The summed E-state index contributed by atoms with van der Waals surface area (Å²) in [6.45, 7) is 4.04. The Kier molecular flexibility index (Phi) is 7.08. The third-order valence-corrected chi connectivity index (χ3v) is 3.43. The Morgan fingerprint density at radius 1 is 0.760 bits per heavy atom. The minimum Gasteiger partial charge on any atom is -0.510 e. The predicted molar refractivity (Wildman–Crippen MR) is 96.9 cm³/mol. The van der Waals surface area contributed by atoms with Crippen molar-refractivity contribution in [2.75, 3.05) is 23.9 Å². The van der Waals surface area contributed by atoms with Crippen molar-refractivity contribution in [1.29, 1.82) is 0 Å². The van der Waals surface area contributed by atoms with E-state index in [4.69, 9.17) is 0 Å². The van der Waals surface area contributed by atoms with Crippen LogP contribution in [0.1, 0.15) is 0 Å². The van der Waals surface area contributed by atoms with Gasteiger partial charge in [-0.05, 0) is 51.0 Å². The average Bonchev–Trinajstić information content (AvgIpc) is 3.26. The van der Waals surface area contributed by atoms with Gasteiger partial charge in [-0.3, -0.25) is 4.98 Å². The Hall–Kier alpha value is -2.26. The monoisotopic (exact) mass is 513 g/mol. The van der Waals surface area contributed by atoms with Gasteiger partial charge in [-0.15, -0.1) is 29.6 Å². The fourth-order valence-electron chi connectivity index (χ4n) is 2.24. The summed E-state index contributed by atoms with van der Waals surface area (Å²) < 4.78 is 0. The second kappa shape index (κ2) is 9.28. The van der Waals surface area contributed by atoms with Gasteiger partial charge in [0.25, 0.3) is 0 Å². The number of hydrogen-bond acceptors (Lipinski definition) is 5. The van der Waals surface area contributed by atoms with Crippen molar-refractivity contribution in [2.24, 2.45) is 0 Å². The smallest absolute Gasteiger partial charge is 0.0267 e. The zero-order chi connectivity index (χ0) is 16.8. The van der Waals surface area contributed by atoms with E-state index in [9.17, 15) is 0 Å². The Morgan fingerprint density at radius 2 is 1.28 bits per heavy atom. The molecule has 1 aromatic carbocycles. The normalized spacial score (nSPS) is 15.1. The van der Waals surface area contributed by atoms with E-state index in [-0.39, 0.29) is 21.1 Å². The van der Waals surface area contributed by atoms with Gasteiger partial charge in [-0.2, -0.15) is 19.4 Å². The van der Waals surface area contributed by atoms with Crippen molar-refractivity contribution >= 4 is 11.4 Å². The van der Waals surface area contributed by atoms with E-state index in [0.717, 1.165) is 11.4 Å². The molecule has 0 N–H and O–H groups in total. The third-order valence-electron chi connectivity index (χ3n) is 3.43. The first-order valence-corrected chi connectivity index (χ1v) is 7.67. The molecule has 1 aromatic heterocycles. The Labute approximate surface area is 164 Å². The molecule has 0 aliphatic carbocycles. The van der Waals surface area contributed by atoms with Crippen LogP contribution in [0.3, 0.4) is 0 Å². The molecule has 0 saturated carbocycles. The minimum absolute atomic E-state index is 0. The first-order chi connectivity index (χ1) is 11.7. The molecule has 0 amide bonds. The van der Waals surface area contributed by atoms with Crippen molar-refractivity contribution in [2.45, 2.75) is 0 Å². The number of aromatic nitrogens is 1. The molecular formula is C19H20N5Pt-3. The molecule has 2 aliphatic rings. The number of benzene rings is 1. The molecule has 0 radical (unpaired) electrons. The summed E-state index contributed by atoms with van der Waals surface area (Å²) in [7, 11) is 4.01. The zero-order valence-electron chi connectivity index (χ0n) is 14.1. The largest absolute Gasteiger partial charge is 0.510 e. The molecule has 4 rings (SSSR count). The van der Waals surface area contributed by atoms with Gasteiger partial charge in [0, 0.05) is 33.5 Å². The van der Waals surface area contributed by atoms with Gasteiger partial charge in [-0.25, -0.2) is 0 Å². The summed E-state index contributed by atoms with van der Waals surface area (Å²) in [6, 6.07) is 15.3. The van der Waals surface area contributed by atoms with Crippen molar-refractivity contribution in [3.05, 3.63) is 93.0 Å². The molecule has 2 aliphatic heterocycles. The molecule has 6 heteroatoms. The van der Waals surface area contributed by atoms with Crippen LogP contribution < -0.4 is 9.80 Å². The molecule has 0 bridgehead atoms. The van der Waals surface area contributed by atoms with Gasteiger partial charge in [-0.1, -0.05) is 6.07 Å². The van der Waals surface area contributed by atoms with Crippen molar-refractivity contribution in [1.82, 2.24) is 14.8 Å². The van der Waals surface area contributed by atoms with Crippen molar-refractivity contribution < 1.29 is 21.1 Å². The molecule has 0 fully saturated rings. The first kappa shape index (κ1) is 19.1. The van der Waals surface area contributed by atoms with Crippen LogP contribution in [0.2, 0.25) is 0 Å². The molecule has 0 spiro atoms. The summed E-state index contributed by atoms with van der Waals surface area (Å²) >= 11 is 0. The van der Waals surface area contributed by atoms with Gasteiger partial charge in [0.15, 0.2) is 0 Å². The Balaban J connectivity index is 0.000000275. The van der Waals surface area contributed by atoms with Gasteiger partial charge < -0.3 is 19.6 Å². The number of anilines is 2. The van der Waals surface area contributed by atoms with Crippen LogP contribution in [0.4, 0.5) is 11.4 Å². The third kappa shape index (κ3) is 5.36. The second-order valence-corrected chi connectivity index (χ2v) is 5.42. The van der Waals surface area contributed by atoms with Gasteiger partial charge >= 0.3 is 0 Å². The molecule has 134 valence electrons. The summed E-state index contributed by atoms with van der Waals surface area (Å²) in [5, 5.41) is 0. The maximum Gasteiger partial charge on any atom is 0.0267 e. The maximum atomic E-state index is 3.78. The van der Waals surface area contributed by atoms with E-state index >= 15 is 0 Å². The van der Waals surface area contributed by atoms with E-state index < -0.39 is 0 Å². The SMILES string of the molecule is CN1C=CN(c2[c-]c(N3C=CN(C)[CH-]3)ccc2)[CH-]1.[Pt].c1ccncc1. The van der Waals surface area contributed by atoms with Crippen LogP contribution in [0.15, 0.2) is 73.6 Å². The number of hydrogen-bond donors (Lipinski definition) is 0. The second-order valence-electron chi connectivity index (χ2n) is 5.42. The van der Waals surface area contributed by atoms with Gasteiger partial charge in [0.1, 0.15) is 0 Å². The molecule has 5 nitrogen and oxygen atoms in total. The minimum atomic E-state index is 0. The van der Waals surface area contributed by atoms with E-state index in [1.807, 2.05) is 108 Å². The number of rotatable bonds is 2. The van der Waals surface area contributed by atoms with Crippen LogP contribution in [0.5, 0.6) is 0 Å². The average molecular weight is 513 g/mol. The fraction of sp³-hybridized carbons (Fsp3) is 0.105. The van der Waals surface area contributed by atoms with Crippen LogP contribution in [0.25, 0.3) is 0 Å². The quantitative estimate of drug-likeness (QED) is 0.575. The molecule has 0 atom stereocenters. The van der Waals surface area contributed by atoms with E-state index in [1.54, 1.807) is 12.4 Å². The van der Waals surface area contributed by atoms with E-state index in [1.165, 1.54) is 0 Å². The van der Waals surface area contributed by atoms with E-state index in [0.29, 0.717) is 0 Å².